The number of para-hydroxylation sites is 1. The van der Waals surface area contributed by atoms with E-state index in [1.165, 1.54) is 22.3 Å². The van der Waals surface area contributed by atoms with Gasteiger partial charge in [-0.25, -0.2) is 12.7 Å². The van der Waals surface area contributed by atoms with Crippen molar-refractivity contribution in [3.05, 3.63) is 54.4 Å². The molecule has 3 aromatic rings. The smallest absolute Gasteiger partial charge is 0.246 e. The quantitative estimate of drug-likeness (QED) is 0.630. The maximum atomic E-state index is 13.1. The van der Waals surface area contributed by atoms with E-state index in [2.05, 4.69) is 22.2 Å². The fourth-order valence-electron chi connectivity index (χ4n) is 3.67. The van der Waals surface area contributed by atoms with Crippen LogP contribution in [0.15, 0.2) is 62.5 Å². The summed E-state index contributed by atoms with van der Waals surface area (Å²) in [5.74, 6) is 1.39. The SMILES string of the molecule is Cc1oc(-c2ccno2)cc1S(=O)(=O)N(C)CC1CCN(c2ccccc2)C1. The molecule has 0 saturated carbocycles. The zero-order valence-electron chi connectivity index (χ0n) is 15.9. The predicted octanol–water partition coefficient (Wildman–Crippen LogP) is 3.39. The Labute approximate surface area is 164 Å². The van der Waals surface area contributed by atoms with E-state index >= 15 is 0 Å². The van der Waals surface area contributed by atoms with E-state index in [1.54, 1.807) is 20.0 Å². The summed E-state index contributed by atoms with van der Waals surface area (Å²) in [6.45, 7) is 3.89. The van der Waals surface area contributed by atoms with E-state index in [0.29, 0.717) is 23.8 Å². The zero-order chi connectivity index (χ0) is 19.7. The van der Waals surface area contributed by atoms with Crippen LogP contribution in [0.3, 0.4) is 0 Å². The van der Waals surface area contributed by atoms with Gasteiger partial charge in [-0.15, -0.1) is 0 Å². The molecule has 7 nitrogen and oxygen atoms in total. The normalized spacial score (nSPS) is 17.5. The Hall–Kier alpha value is -2.58. The van der Waals surface area contributed by atoms with Crippen LogP contribution in [-0.2, 0) is 10.0 Å². The Morgan fingerprint density at radius 1 is 1.21 bits per heavy atom. The van der Waals surface area contributed by atoms with Crippen molar-refractivity contribution in [2.75, 3.05) is 31.6 Å². The molecule has 8 heteroatoms. The van der Waals surface area contributed by atoms with Gasteiger partial charge in [-0.05, 0) is 31.4 Å². The molecule has 1 fully saturated rings. The van der Waals surface area contributed by atoms with Gasteiger partial charge in [-0.1, -0.05) is 23.4 Å². The van der Waals surface area contributed by atoms with Crippen molar-refractivity contribution >= 4 is 15.7 Å². The minimum Gasteiger partial charge on any atom is -0.457 e. The monoisotopic (exact) mass is 401 g/mol. The number of furan rings is 1. The Morgan fingerprint density at radius 2 is 2.00 bits per heavy atom. The van der Waals surface area contributed by atoms with Crippen molar-refractivity contribution in [3.63, 3.8) is 0 Å². The van der Waals surface area contributed by atoms with Gasteiger partial charge in [0.1, 0.15) is 10.7 Å². The van der Waals surface area contributed by atoms with Gasteiger partial charge in [0, 0.05) is 44.5 Å². The molecule has 1 aromatic carbocycles. The molecular formula is C20H23N3O4S. The average molecular weight is 401 g/mol. The number of nitrogens with zero attached hydrogens (tertiary/aromatic N) is 3. The second kappa shape index (κ2) is 7.44. The Bertz CT molecular complexity index is 1030. The van der Waals surface area contributed by atoms with Gasteiger partial charge in [0.25, 0.3) is 0 Å². The van der Waals surface area contributed by atoms with Gasteiger partial charge < -0.3 is 13.8 Å². The van der Waals surface area contributed by atoms with E-state index in [0.717, 1.165) is 19.5 Å². The summed E-state index contributed by atoms with van der Waals surface area (Å²) in [5, 5.41) is 3.64. The van der Waals surface area contributed by atoms with Crippen LogP contribution in [-0.4, -0.2) is 44.6 Å². The summed E-state index contributed by atoms with van der Waals surface area (Å²) >= 11 is 0. The first-order valence-corrected chi connectivity index (χ1v) is 10.7. The first kappa shape index (κ1) is 18.8. The highest BCUT2D eigenvalue weighted by Crippen LogP contribution is 2.31. The first-order chi connectivity index (χ1) is 13.4. The maximum Gasteiger partial charge on any atom is 0.246 e. The molecule has 0 radical (unpaired) electrons. The number of anilines is 1. The molecule has 148 valence electrons. The summed E-state index contributed by atoms with van der Waals surface area (Å²) in [7, 11) is -2.02. The van der Waals surface area contributed by atoms with Crippen LogP contribution in [0.4, 0.5) is 5.69 Å². The van der Waals surface area contributed by atoms with Crippen molar-refractivity contribution in [2.24, 2.45) is 5.92 Å². The maximum absolute atomic E-state index is 13.1. The third-order valence-electron chi connectivity index (χ3n) is 5.16. The van der Waals surface area contributed by atoms with Gasteiger partial charge in [-0.3, -0.25) is 0 Å². The third-order valence-corrected chi connectivity index (χ3v) is 7.09. The second-order valence-electron chi connectivity index (χ2n) is 7.13. The summed E-state index contributed by atoms with van der Waals surface area (Å²) < 4.78 is 38.2. The summed E-state index contributed by atoms with van der Waals surface area (Å²) in [6.07, 6.45) is 2.45. The third kappa shape index (κ3) is 3.57. The van der Waals surface area contributed by atoms with Crippen molar-refractivity contribution < 1.29 is 17.4 Å². The molecule has 1 aliphatic heterocycles. The lowest BCUT2D eigenvalue weighted by atomic mass is 10.1. The molecule has 0 aliphatic carbocycles. The minimum atomic E-state index is -3.65. The molecule has 2 aromatic heterocycles. The van der Waals surface area contributed by atoms with Crippen molar-refractivity contribution in [1.29, 1.82) is 0 Å². The van der Waals surface area contributed by atoms with Crippen LogP contribution in [0.2, 0.25) is 0 Å². The molecule has 3 heterocycles. The standard InChI is InChI=1S/C20H23N3O4S/c1-15-20(12-19(26-15)18-8-10-21-27-18)28(24,25)22(2)13-16-9-11-23(14-16)17-6-4-3-5-7-17/h3-8,10,12,16H,9,11,13-14H2,1-2H3. The molecular weight excluding hydrogens is 378 g/mol. The van der Waals surface area contributed by atoms with E-state index < -0.39 is 10.0 Å². The molecule has 0 bridgehead atoms. The summed E-state index contributed by atoms with van der Waals surface area (Å²) in [6, 6.07) is 13.4. The van der Waals surface area contributed by atoms with Gasteiger partial charge in [0.2, 0.25) is 15.8 Å². The highest BCUT2D eigenvalue weighted by molar-refractivity contribution is 7.89. The van der Waals surface area contributed by atoms with E-state index in [9.17, 15) is 8.42 Å². The molecule has 28 heavy (non-hydrogen) atoms. The van der Waals surface area contributed by atoms with E-state index in [4.69, 9.17) is 8.94 Å². The van der Waals surface area contributed by atoms with Gasteiger partial charge in [0.15, 0.2) is 5.76 Å². The summed E-state index contributed by atoms with van der Waals surface area (Å²) in [5.41, 5.74) is 1.18. The van der Waals surface area contributed by atoms with Crippen LogP contribution >= 0.6 is 0 Å². The molecule has 0 amide bonds. The number of aromatic nitrogens is 1. The van der Waals surface area contributed by atoms with Crippen molar-refractivity contribution in [1.82, 2.24) is 9.46 Å². The lowest BCUT2D eigenvalue weighted by Gasteiger charge is -2.22. The van der Waals surface area contributed by atoms with Gasteiger partial charge in [-0.2, -0.15) is 0 Å². The number of benzene rings is 1. The zero-order valence-corrected chi connectivity index (χ0v) is 16.7. The number of hydrogen-bond acceptors (Lipinski definition) is 6. The Morgan fingerprint density at radius 3 is 2.71 bits per heavy atom. The van der Waals surface area contributed by atoms with Gasteiger partial charge >= 0.3 is 0 Å². The lowest BCUT2D eigenvalue weighted by molar-refractivity contribution is 0.399. The fourth-order valence-corrected chi connectivity index (χ4v) is 5.07. The number of hydrogen-bond donors (Lipinski definition) is 0. The molecule has 1 atom stereocenters. The molecule has 1 saturated heterocycles. The van der Waals surface area contributed by atoms with Crippen molar-refractivity contribution in [2.45, 2.75) is 18.2 Å². The van der Waals surface area contributed by atoms with E-state index in [-0.39, 0.29) is 10.8 Å². The molecule has 1 aliphatic rings. The topological polar surface area (TPSA) is 79.8 Å². The molecule has 0 N–H and O–H groups in total. The van der Waals surface area contributed by atoms with Gasteiger partial charge in [0.05, 0.1) is 6.20 Å². The number of sulfonamides is 1. The first-order valence-electron chi connectivity index (χ1n) is 9.23. The van der Waals surface area contributed by atoms with Crippen molar-refractivity contribution in [3.8, 4) is 11.5 Å². The molecule has 4 rings (SSSR count). The summed E-state index contributed by atoms with van der Waals surface area (Å²) in [4.78, 5) is 2.47. The van der Waals surface area contributed by atoms with E-state index in [1.807, 2.05) is 18.2 Å². The average Bonchev–Trinajstić information content (AvgIpc) is 3.43. The Balaban J connectivity index is 1.47. The largest absolute Gasteiger partial charge is 0.457 e. The highest BCUT2D eigenvalue weighted by Gasteiger charge is 2.31. The lowest BCUT2D eigenvalue weighted by Crippen LogP contribution is -2.33. The molecule has 1 unspecified atom stereocenters. The van der Waals surface area contributed by atoms with Crippen LogP contribution < -0.4 is 4.90 Å². The number of rotatable bonds is 6. The molecule has 0 spiro atoms. The van der Waals surface area contributed by atoms with Crippen LogP contribution in [0.1, 0.15) is 12.2 Å². The minimum absolute atomic E-state index is 0.166. The number of aryl methyl sites for hydroxylation is 1. The second-order valence-corrected chi connectivity index (χ2v) is 9.14. The predicted molar refractivity (Wildman–Crippen MR) is 106 cm³/mol. The fraction of sp³-hybridized carbons (Fsp3) is 0.350. The highest BCUT2D eigenvalue weighted by atomic mass is 32.2. The Kier molecular flexibility index (Phi) is 4.99. The van der Waals surface area contributed by atoms with Crippen LogP contribution in [0.25, 0.3) is 11.5 Å². The van der Waals surface area contributed by atoms with Crippen LogP contribution in [0.5, 0.6) is 0 Å². The van der Waals surface area contributed by atoms with Crippen LogP contribution in [0, 0.1) is 12.8 Å².